The Morgan fingerprint density at radius 3 is 2.14 bits per heavy atom. The highest BCUT2D eigenvalue weighted by Crippen LogP contribution is 2.20. The zero-order valence-electron chi connectivity index (χ0n) is 11.8. The molecule has 2 nitrogen and oxygen atoms in total. The predicted octanol–water partition coefficient (Wildman–Crippen LogP) is 3.63. The Kier molecular flexibility index (Phi) is 6.54. The molecule has 1 aromatic rings. The number of nitrogens with zero attached hydrogens (tertiary/aromatic N) is 1. The van der Waals surface area contributed by atoms with E-state index < -0.39 is 30.4 Å². The highest BCUT2D eigenvalue weighted by atomic mass is 19.4. The first-order valence-electron chi connectivity index (χ1n) is 6.72. The van der Waals surface area contributed by atoms with Crippen LogP contribution < -0.4 is 5.73 Å². The number of alkyl halides is 3. The zero-order valence-corrected chi connectivity index (χ0v) is 11.8. The number of halogens is 5. The third-order valence-corrected chi connectivity index (χ3v) is 3.01. The minimum Gasteiger partial charge on any atom is -0.324 e. The maximum atomic E-state index is 13.1. The summed E-state index contributed by atoms with van der Waals surface area (Å²) >= 11 is 0. The van der Waals surface area contributed by atoms with E-state index in [0.29, 0.717) is 13.0 Å². The van der Waals surface area contributed by atoms with Gasteiger partial charge in [-0.05, 0) is 37.1 Å². The van der Waals surface area contributed by atoms with E-state index in [9.17, 15) is 22.0 Å². The Labute approximate surface area is 120 Å². The molecule has 1 aromatic carbocycles. The van der Waals surface area contributed by atoms with Crippen molar-refractivity contribution in [2.75, 3.05) is 19.6 Å². The maximum absolute atomic E-state index is 13.1. The van der Waals surface area contributed by atoms with E-state index in [-0.39, 0.29) is 18.5 Å². The van der Waals surface area contributed by atoms with Gasteiger partial charge >= 0.3 is 6.18 Å². The van der Waals surface area contributed by atoms with Crippen LogP contribution in [0.5, 0.6) is 0 Å². The Morgan fingerprint density at radius 2 is 1.67 bits per heavy atom. The van der Waals surface area contributed by atoms with E-state index in [4.69, 9.17) is 5.73 Å². The molecule has 1 unspecified atom stereocenters. The lowest BCUT2D eigenvalue weighted by Crippen LogP contribution is -2.36. The van der Waals surface area contributed by atoms with Gasteiger partial charge in [0.05, 0.1) is 6.54 Å². The van der Waals surface area contributed by atoms with Crippen LogP contribution in [0.3, 0.4) is 0 Å². The standard InChI is InChI=1S/C14H19F5N2/c1-2-4-21(9-14(17,18)19)5-3-13(20)10-6-11(15)8-12(16)7-10/h6-8,13H,2-5,9,20H2,1H3. The van der Waals surface area contributed by atoms with Gasteiger partial charge in [0, 0.05) is 18.7 Å². The molecule has 120 valence electrons. The van der Waals surface area contributed by atoms with Gasteiger partial charge < -0.3 is 5.73 Å². The van der Waals surface area contributed by atoms with Gasteiger partial charge in [0.1, 0.15) is 11.6 Å². The lowest BCUT2D eigenvalue weighted by molar-refractivity contribution is -0.146. The molecule has 0 bridgehead atoms. The number of nitrogens with two attached hydrogens (primary N) is 1. The van der Waals surface area contributed by atoms with Crippen molar-refractivity contribution >= 4 is 0 Å². The van der Waals surface area contributed by atoms with Crippen molar-refractivity contribution in [3.63, 3.8) is 0 Å². The third-order valence-electron chi connectivity index (χ3n) is 3.01. The largest absolute Gasteiger partial charge is 0.401 e. The second-order valence-corrected chi connectivity index (χ2v) is 4.99. The fourth-order valence-electron chi connectivity index (χ4n) is 2.12. The smallest absolute Gasteiger partial charge is 0.324 e. The second kappa shape index (κ2) is 7.70. The minimum absolute atomic E-state index is 0.118. The molecule has 0 spiro atoms. The molecule has 0 fully saturated rings. The molecule has 0 saturated heterocycles. The topological polar surface area (TPSA) is 29.3 Å². The molecular formula is C14H19F5N2. The van der Waals surface area contributed by atoms with Gasteiger partial charge in [-0.15, -0.1) is 0 Å². The van der Waals surface area contributed by atoms with Crippen LogP contribution in [0.1, 0.15) is 31.4 Å². The van der Waals surface area contributed by atoms with Crippen LogP contribution in [-0.4, -0.2) is 30.7 Å². The number of hydrogen-bond donors (Lipinski definition) is 1. The van der Waals surface area contributed by atoms with E-state index in [1.165, 1.54) is 4.90 Å². The van der Waals surface area contributed by atoms with E-state index >= 15 is 0 Å². The summed E-state index contributed by atoms with van der Waals surface area (Å²) in [5.74, 6) is -1.50. The second-order valence-electron chi connectivity index (χ2n) is 4.99. The molecule has 0 aliphatic rings. The molecule has 0 aliphatic carbocycles. The van der Waals surface area contributed by atoms with Crippen molar-refractivity contribution in [1.82, 2.24) is 4.90 Å². The SMILES string of the molecule is CCCN(CCC(N)c1cc(F)cc(F)c1)CC(F)(F)F. The molecule has 1 atom stereocenters. The number of hydrogen-bond acceptors (Lipinski definition) is 2. The average molecular weight is 310 g/mol. The van der Waals surface area contributed by atoms with Crippen LogP contribution in [0.2, 0.25) is 0 Å². The van der Waals surface area contributed by atoms with Crippen molar-refractivity contribution in [1.29, 1.82) is 0 Å². The lowest BCUT2D eigenvalue weighted by atomic mass is 10.0. The molecule has 7 heteroatoms. The van der Waals surface area contributed by atoms with Crippen molar-refractivity contribution < 1.29 is 22.0 Å². The Bertz CT molecular complexity index is 427. The predicted molar refractivity (Wildman–Crippen MR) is 70.7 cm³/mol. The molecule has 0 aliphatic heterocycles. The van der Waals surface area contributed by atoms with Crippen molar-refractivity contribution in [3.05, 3.63) is 35.4 Å². The molecular weight excluding hydrogens is 291 g/mol. The fourth-order valence-corrected chi connectivity index (χ4v) is 2.12. The summed E-state index contributed by atoms with van der Waals surface area (Å²) in [5, 5.41) is 0. The van der Waals surface area contributed by atoms with E-state index in [1.807, 2.05) is 0 Å². The molecule has 0 amide bonds. The van der Waals surface area contributed by atoms with Crippen LogP contribution >= 0.6 is 0 Å². The highest BCUT2D eigenvalue weighted by Gasteiger charge is 2.30. The fraction of sp³-hybridized carbons (Fsp3) is 0.571. The van der Waals surface area contributed by atoms with Gasteiger partial charge in [-0.25, -0.2) is 8.78 Å². The first-order chi connectivity index (χ1) is 9.71. The Balaban J connectivity index is 2.61. The van der Waals surface area contributed by atoms with Crippen molar-refractivity contribution in [3.8, 4) is 0 Å². The van der Waals surface area contributed by atoms with Gasteiger partial charge in [-0.2, -0.15) is 13.2 Å². The summed E-state index contributed by atoms with van der Waals surface area (Å²) in [5.41, 5.74) is 6.05. The average Bonchev–Trinajstić information content (AvgIpc) is 2.33. The summed E-state index contributed by atoms with van der Waals surface area (Å²) in [4.78, 5) is 1.25. The summed E-state index contributed by atoms with van der Waals surface area (Å²) in [6.45, 7) is 1.19. The molecule has 0 radical (unpaired) electrons. The van der Waals surface area contributed by atoms with Crippen LogP contribution in [0, 0.1) is 11.6 Å². The Hall–Kier alpha value is -1.21. The normalized spacial score (nSPS) is 13.7. The lowest BCUT2D eigenvalue weighted by Gasteiger charge is -2.24. The highest BCUT2D eigenvalue weighted by molar-refractivity contribution is 5.21. The molecule has 0 heterocycles. The van der Waals surface area contributed by atoms with Crippen LogP contribution in [0.15, 0.2) is 18.2 Å². The van der Waals surface area contributed by atoms with E-state index in [1.54, 1.807) is 6.92 Å². The quantitative estimate of drug-likeness (QED) is 0.779. The zero-order chi connectivity index (χ0) is 16.0. The summed E-state index contributed by atoms with van der Waals surface area (Å²) in [7, 11) is 0. The molecule has 0 aromatic heterocycles. The van der Waals surface area contributed by atoms with Gasteiger partial charge in [0.15, 0.2) is 0 Å². The Morgan fingerprint density at radius 1 is 1.10 bits per heavy atom. The van der Waals surface area contributed by atoms with Crippen molar-refractivity contribution in [2.24, 2.45) is 5.73 Å². The van der Waals surface area contributed by atoms with E-state index in [2.05, 4.69) is 0 Å². The first kappa shape index (κ1) is 17.8. The van der Waals surface area contributed by atoms with Gasteiger partial charge in [0.2, 0.25) is 0 Å². The van der Waals surface area contributed by atoms with Crippen LogP contribution in [0.25, 0.3) is 0 Å². The first-order valence-corrected chi connectivity index (χ1v) is 6.72. The van der Waals surface area contributed by atoms with Gasteiger partial charge in [-0.3, -0.25) is 4.90 Å². The summed E-state index contributed by atoms with van der Waals surface area (Å²) in [6, 6.07) is 2.22. The third kappa shape index (κ3) is 6.86. The summed E-state index contributed by atoms with van der Waals surface area (Å²) < 4.78 is 63.4. The summed E-state index contributed by atoms with van der Waals surface area (Å²) in [6.07, 6.45) is -3.50. The number of rotatable bonds is 7. The minimum atomic E-state index is -4.27. The molecule has 2 N–H and O–H groups in total. The monoisotopic (exact) mass is 310 g/mol. The van der Waals surface area contributed by atoms with E-state index in [0.717, 1.165) is 18.2 Å². The van der Waals surface area contributed by atoms with Crippen LogP contribution in [0.4, 0.5) is 22.0 Å². The van der Waals surface area contributed by atoms with Gasteiger partial charge in [0.25, 0.3) is 0 Å². The van der Waals surface area contributed by atoms with Crippen LogP contribution in [-0.2, 0) is 0 Å². The molecule has 1 rings (SSSR count). The number of benzene rings is 1. The maximum Gasteiger partial charge on any atom is 0.401 e. The molecule has 21 heavy (non-hydrogen) atoms. The van der Waals surface area contributed by atoms with Crippen molar-refractivity contribution in [2.45, 2.75) is 32.0 Å². The van der Waals surface area contributed by atoms with Gasteiger partial charge in [-0.1, -0.05) is 6.92 Å². The molecule has 0 saturated carbocycles.